The van der Waals surface area contributed by atoms with E-state index >= 15 is 0 Å². The lowest BCUT2D eigenvalue weighted by molar-refractivity contribution is -0.349. The Hall–Kier alpha value is -2.70. The summed E-state index contributed by atoms with van der Waals surface area (Å²) in [5.41, 5.74) is -0.594. The van der Waals surface area contributed by atoms with E-state index in [2.05, 4.69) is 4.99 Å². The van der Waals surface area contributed by atoms with E-state index in [1.165, 1.54) is 12.1 Å². The highest BCUT2D eigenvalue weighted by Crippen LogP contribution is 2.26. The molecule has 0 amide bonds. The van der Waals surface area contributed by atoms with Gasteiger partial charge in [-0.15, -0.1) is 0 Å². The van der Waals surface area contributed by atoms with Crippen LogP contribution in [0.3, 0.4) is 0 Å². The quantitative estimate of drug-likeness (QED) is 0.218. The number of nitro groups is 1. The van der Waals surface area contributed by atoms with Gasteiger partial charge >= 0.3 is 11.8 Å². The van der Waals surface area contributed by atoms with Gasteiger partial charge in [0.25, 0.3) is 0 Å². The van der Waals surface area contributed by atoms with Crippen molar-refractivity contribution in [2.45, 2.75) is 18.9 Å². The average Bonchev–Trinajstić information content (AvgIpc) is 3.22. The lowest BCUT2D eigenvalue weighted by Gasteiger charge is -2.05. The van der Waals surface area contributed by atoms with Crippen LogP contribution in [-0.2, 0) is 4.79 Å². The van der Waals surface area contributed by atoms with E-state index < -0.39 is 28.1 Å². The molecule has 104 valence electrons. The van der Waals surface area contributed by atoms with Crippen molar-refractivity contribution in [1.82, 2.24) is 0 Å². The fourth-order valence-electron chi connectivity index (χ4n) is 1.62. The number of hydrogen-bond acceptors (Lipinski definition) is 5. The standard InChI is InChI=1S/C13H12N2O5/c16-11(8-4-2-1-3-5-8)10(13(17)18)12(15(19)20)14-9-6-7-9/h1-5,9,16H,6-7H2,(H,17,18). The number of nitrogens with zero attached hydrogens (tertiary/aromatic N) is 2. The van der Waals surface area contributed by atoms with Crippen molar-refractivity contribution in [2.75, 3.05) is 0 Å². The number of carboxylic acid groups (broad SMARTS) is 1. The molecule has 1 aliphatic rings. The fraction of sp³-hybridized carbons (Fsp3) is 0.231. The maximum Gasteiger partial charge on any atom is 0.376 e. The number of aliphatic imine (C=N–C) groups is 1. The summed E-state index contributed by atoms with van der Waals surface area (Å²) in [7, 11) is 0. The summed E-state index contributed by atoms with van der Waals surface area (Å²) in [6.07, 6.45) is 1.38. The van der Waals surface area contributed by atoms with Crippen LogP contribution in [0.2, 0.25) is 0 Å². The van der Waals surface area contributed by atoms with E-state index in [0.717, 1.165) is 0 Å². The molecule has 2 rings (SSSR count). The first-order valence-corrected chi connectivity index (χ1v) is 5.95. The molecule has 0 atom stereocenters. The predicted molar refractivity (Wildman–Crippen MR) is 71.1 cm³/mol. The molecule has 2 N–H and O–H groups in total. The number of aliphatic hydroxyl groups is 1. The molecule has 0 aliphatic heterocycles. The van der Waals surface area contributed by atoms with Crippen molar-refractivity contribution in [2.24, 2.45) is 4.99 Å². The van der Waals surface area contributed by atoms with E-state index in [1.807, 2.05) is 0 Å². The topological polar surface area (TPSA) is 113 Å². The molecule has 0 heterocycles. The molecule has 0 spiro atoms. The van der Waals surface area contributed by atoms with Crippen LogP contribution in [0.4, 0.5) is 0 Å². The van der Waals surface area contributed by atoms with Crippen LogP contribution in [0.5, 0.6) is 0 Å². The van der Waals surface area contributed by atoms with Gasteiger partial charge in [0.2, 0.25) is 0 Å². The normalized spacial score (nSPS) is 16.5. The Labute approximate surface area is 114 Å². The largest absolute Gasteiger partial charge is 0.506 e. The second kappa shape index (κ2) is 5.52. The van der Waals surface area contributed by atoms with Crippen LogP contribution in [0.1, 0.15) is 18.4 Å². The highest BCUT2D eigenvalue weighted by molar-refractivity contribution is 6.19. The van der Waals surface area contributed by atoms with Crippen LogP contribution < -0.4 is 0 Å². The van der Waals surface area contributed by atoms with Gasteiger partial charge in [0, 0.05) is 5.56 Å². The van der Waals surface area contributed by atoms with Crippen molar-refractivity contribution in [3.05, 3.63) is 51.6 Å². The number of rotatable bonds is 4. The lowest BCUT2D eigenvalue weighted by atomic mass is 10.1. The van der Waals surface area contributed by atoms with E-state index in [4.69, 9.17) is 5.11 Å². The zero-order valence-electron chi connectivity index (χ0n) is 10.4. The number of hydrogen-bond donors (Lipinski definition) is 2. The van der Waals surface area contributed by atoms with Crippen LogP contribution in [0.15, 0.2) is 40.9 Å². The first-order valence-electron chi connectivity index (χ1n) is 5.95. The minimum atomic E-state index is -1.58. The third-order valence-corrected chi connectivity index (χ3v) is 2.75. The third-order valence-electron chi connectivity index (χ3n) is 2.75. The molecule has 1 fully saturated rings. The smallest absolute Gasteiger partial charge is 0.376 e. The van der Waals surface area contributed by atoms with Crippen molar-refractivity contribution in [3.63, 3.8) is 0 Å². The van der Waals surface area contributed by atoms with Crippen LogP contribution in [-0.4, -0.2) is 33.0 Å². The molecule has 20 heavy (non-hydrogen) atoms. The molecule has 1 saturated carbocycles. The second-order valence-electron chi connectivity index (χ2n) is 4.34. The maximum absolute atomic E-state index is 11.3. The minimum absolute atomic E-state index is 0.190. The highest BCUT2D eigenvalue weighted by Gasteiger charge is 2.36. The van der Waals surface area contributed by atoms with Gasteiger partial charge in [-0.1, -0.05) is 35.3 Å². The summed E-state index contributed by atoms with van der Waals surface area (Å²) in [5, 5.41) is 30.2. The molecule has 0 saturated heterocycles. The number of amidine groups is 1. The maximum atomic E-state index is 11.3. The van der Waals surface area contributed by atoms with E-state index in [1.54, 1.807) is 18.2 Å². The molecule has 0 aromatic heterocycles. The number of benzene rings is 1. The summed E-state index contributed by atoms with van der Waals surface area (Å²) in [5.74, 6) is -3.04. The van der Waals surface area contributed by atoms with Crippen molar-refractivity contribution >= 4 is 17.6 Å². The number of aliphatic hydroxyl groups excluding tert-OH is 1. The van der Waals surface area contributed by atoms with Gasteiger partial charge in [-0.3, -0.25) is 0 Å². The summed E-state index contributed by atoms with van der Waals surface area (Å²) in [6.45, 7) is 0. The van der Waals surface area contributed by atoms with E-state index in [9.17, 15) is 20.0 Å². The van der Waals surface area contributed by atoms with Crippen molar-refractivity contribution < 1.29 is 19.9 Å². The lowest BCUT2D eigenvalue weighted by Crippen LogP contribution is -2.23. The first-order chi connectivity index (χ1) is 9.50. The number of aliphatic carboxylic acids is 1. The molecule has 0 radical (unpaired) electrons. The molecule has 0 unspecified atom stereocenters. The minimum Gasteiger partial charge on any atom is -0.506 e. The van der Waals surface area contributed by atoms with Gasteiger partial charge in [-0.2, -0.15) is 0 Å². The summed E-state index contributed by atoms with van der Waals surface area (Å²) in [6, 6.07) is 7.57. The zero-order valence-corrected chi connectivity index (χ0v) is 10.4. The summed E-state index contributed by atoms with van der Waals surface area (Å²) in [4.78, 5) is 25.2. The summed E-state index contributed by atoms with van der Waals surface area (Å²) < 4.78 is 0. The van der Waals surface area contributed by atoms with Gasteiger partial charge in [0.1, 0.15) is 11.8 Å². The average molecular weight is 276 g/mol. The van der Waals surface area contributed by atoms with E-state index in [0.29, 0.717) is 12.8 Å². The molecule has 1 aromatic carbocycles. The van der Waals surface area contributed by atoms with Crippen molar-refractivity contribution in [3.8, 4) is 0 Å². The first kappa shape index (κ1) is 13.7. The van der Waals surface area contributed by atoms with Crippen LogP contribution in [0.25, 0.3) is 5.76 Å². The van der Waals surface area contributed by atoms with Gasteiger partial charge < -0.3 is 20.3 Å². The Morgan fingerprint density at radius 1 is 1.25 bits per heavy atom. The summed E-state index contributed by atoms with van der Waals surface area (Å²) >= 11 is 0. The number of carbonyl (C=O) groups is 1. The predicted octanol–water partition coefficient (Wildman–Crippen LogP) is 1.88. The molecule has 0 bridgehead atoms. The Morgan fingerprint density at radius 2 is 1.85 bits per heavy atom. The Bertz CT molecular complexity index is 602. The van der Waals surface area contributed by atoms with Gasteiger partial charge in [-0.25, -0.2) is 4.79 Å². The van der Waals surface area contributed by atoms with Crippen molar-refractivity contribution in [1.29, 1.82) is 0 Å². The number of carboxylic acids is 1. The van der Waals surface area contributed by atoms with Gasteiger partial charge in [0.05, 0.1) is 0 Å². The fourth-order valence-corrected chi connectivity index (χ4v) is 1.62. The molecular formula is C13H12N2O5. The monoisotopic (exact) mass is 276 g/mol. The second-order valence-corrected chi connectivity index (χ2v) is 4.34. The molecule has 1 aromatic rings. The Kier molecular flexibility index (Phi) is 3.79. The van der Waals surface area contributed by atoms with Gasteiger partial charge in [0.15, 0.2) is 5.57 Å². The Balaban J connectivity index is 2.54. The van der Waals surface area contributed by atoms with E-state index in [-0.39, 0.29) is 11.6 Å². The zero-order chi connectivity index (χ0) is 14.7. The highest BCUT2D eigenvalue weighted by atomic mass is 16.6. The molecule has 7 heteroatoms. The molecular weight excluding hydrogens is 264 g/mol. The molecule has 7 nitrogen and oxygen atoms in total. The Morgan fingerprint density at radius 3 is 2.30 bits per heavy atom. The van der Waals surface area contributed by atoms with Crippen LogP contribution >= 0.6 is 0 Å². The molecule has 1 aliphatic carbocycles. The SMILES string of the molecule is O=C(O)C(C(=NC1CC1)[N+](=O)[O-])=C(O)c1ccccc1. The third kappa shape index (κ3) is 3.00. The van der Waals surface area contributed by atoms with Gasteiger partial charge in [-0.05, 0) is 17.8 Å². The van der Waals surface area contributed by atoms with Crippen LogP contribution in [0, 0.1) is 10.1 Å².